The molecule has 0 aliphatic carbocycles. The van der Waals surface area contributed by atoms with Crippen LogP contribution in [0.5, 0.6) is 5.75 Å². The zero-order chi connectivity index (χ0) is 20.3. The van der Waals surface area contributed by atoms with Crippen LogP contribution in [0.4, 0.5) is 15.8 Å². The highest BCUT2D eigenvalue weighted by molar-refractivity contribution is 9.10. The van der Waals surface area contributed by atoms with Gasteiger partial charge in [0.15, 0.2) is 6.61 Å². The van der Waals surface area contributed by atoms with E-state index < -0.39 is 23.5 Å². The third-order valence-electron chi connectivity index (χ3n) is 4.25. The molecule has 2 aromatic rings. The Morgan fingerprint density at radius 1 is 1.25 bits per heavy atom. The minimum atomic E-state index is -0.559. The van der Waals surface area contributed by atoms with Crippen LogP contribution in [0.3, 0.4) is 0 Å². The molecule has 146 valence electrons. The summed E-state index contributed by atoms with van der Waals surface area (Å²) in [6.07, 6.45) is 0.0976. The summed E-state index contributed by atoms with van der Waals surface area (Å²) >= 11 is 3.14. The molecule has 28 heavy (non-hydrogen) atoms. The molecule has 0 saturated carbocycles. The quantitative estimate of drug-likeness (QED) is 0.706. The van der Waals surface area contributed by atoms with Gasteiger partial charge < -0.3 is 20.7 Å². The van der Waals surface area contributed by atoms with E-state index in [0.717, 1.165) is 0 Å². The summed E-state index contributed by atoms with van der Waals surface area (Å²) < 4.78 is 19.7. The van der Waals surface area contributed by atoms with E-state index >= 15 is 0 Å². The zero-order valence-corrected chi connectivity index (χ0v) is 16.2. The monoisotopic (exact) mass is 449 g/mol. The number of amides is 3. The number of halogens is 2. The van der Waals surface area contributed by atoms with E-state index in [1.807, 2.05) is 0 Å². The number of benzene rings is 2. The van der Waals surface area contributed by atoms with Crippen molar-refractivity contribution in [1.29, 1.82) is 0 Å². The van der Waals surface area contributed by atoms with Crippen molar-refractivity contribution in [2.24, 2.45) is 11.7 Å². The molecule has 0 spiro atoms. The summed E-state index contributed by atoms with van der Waals surface area (Å²) in [7, 11) is 0. The van der Waals surface area contributed by atoms with Gasteiger partial charge in [0.05, 0.1) is 11.6 Å². The zero-order valence-electron chi connectivity index (χ0n) is 14.7. The fraction of sp³-hybridized carbons (Fsp3) is 0.211. The lowest BCUT2D eigenvalue weighted by atomic mass is 10.1. The minimum Gasteiger partial charge on any atom is -0.484 e. The first-order chi connectivity index (χ1) is 13.3. The van der Waals surface area contributed by atoms with Crippen molar-refractivity contribution in [3.8, 4) is 5.75 Å². The maximum absolute atomic E-state index is 13.7. The molecule has 1 saturated heterocycles. The minimum absolute atomic E-state index is 0.0590. The van der Waals surface area contributed by atoms with Crippen molar-refractivity contribution >= 4 is 45.0 Å². The second-order valence-corrected chi connectivity index (χ2v) is 7.18. The fourth-order valence-electron chi connectivity index (χ4n) is 2.80. The first kappa shape index (κ1) is 19.8. The molecule has 0 unspecified atom stereocenters. The molecule has 7 nitrogen and oxygen atoms in total. The normalized spacial score (nSPS) is 16.1. The van der Waals surface area contributed by atoms with Crippen molar-refractivity contribution in [2.45, 2.75) is 6.42 Å². The standard InChI is InChI=1S/C19H17BrFN3O4/c20-12-1-6-16(15(21)8-12)23-17(25)10-28-14-4-2-13(3-5-14)24-9-11(19(22)27)7-18(24)26/h1-6,8,11H,7,9-10H2,(H2,22,27)(H,23,25)/t11-/m0/s1. The van der Waals surface area contributed by atoms with Gasteiger partial charge in [-0.25, -0.2) is 4.39 Å². The molecule has 1 fully saturated rings. The van der Waals surface area contributed by atoms with Gasteiger partial charge in [0.25, 0.3) is 5.91 Å². The van der Waals surface area contributed by atoms with Gasteiger partial charge in [-0.3, -0.25) is 14.4 Å². The summed E-state index contributed by atoms with van der Waals surface area (Å²) in [5, 5.41) is 2.43. The second-order valence-electron chi connectivity index (χ2n) is 6.26. The topological polar surface area (TPSA) is 102 Å². The molecule has 1 atom stereocenters. The van der Waals surface area contributed by atoms with Crippen LogP contribution >= 0.6 is 15.9 Å². The van der Waals surface area contributed by atoms with Gasteiger partial charge >= 0.3 is 0 Å². The van der Waals surface area contributed by atoms with E-state index in [9.17, 15) is 18.8 Å². The average Bonchev–Trinajstić information content (AvgIpc) is 3.05. The molecule has 1 heterocycles. The van der Waals surface area contributed by atoms with Gasteiger partial charge in [0, 0.05) is 23.1 Å². The highest BCUT2D eigenvalue weighted by Gasteiger charge is 2.33. The molecule has 2 aromatic carbocycles. The Balaban J connectivity index is 1.55. The van der Waals surface area contributed by atoms with Gasteiger partial charge in [-0.1, -0.05) is 15.9 Å². The summed E-state index contributed by atoms with van der Waals surface area (Å²) in [5.74, 6) is -1.82. The predicted molar refractivity (Wildman–Crippen MR) is 104 cm³/mol. The van der Waals surface area contributed by atoms with E-state index in [-0.39, 0.29) is 31.2 Å². The van der Waals surface area contributed by atoms with Crippen molar-refractivity contribution < 1.29 is 23.5 Å². The van der Waals surface area contributed by atoms with Gasteiger partial charge in [-0.2, -0.15) is 0 Å². The Kier molecular flexibility index (Phi) is 5.93. The lowest BCUT2D eigenvalue weighted by Gasteiger charge is -2.16. The first-order valence-electron chi connectivity index (χ1n) is 8.41. The van der Waals surface area contributed by atoms with Crippen molar-refractivity contribution in [3.05, 3.63) is 52.8 Å². The Morgan fingerprint density at radius 3 is 2.57 bits per heavy atom. The number of nitrogens with two attached hydrogens (primary N) is 1. The van der Waals surface area contributed by atoms with Crippen LogP contribution in [0.15, 0.2) is 46.9 Å². The molecule has 0 aromatic heterocycles. The molecule has 3 amide bonds. The number of nitrogens with one attached hydrogen (secondary N) is 1. The SMILES string of the molecule is NC(=O)[C@H]1CC(=O)N(c2ccc(OCC(=O)Nc3ccc(Br)cc3F)cc2)C1. The largest absolute Gasteiger partial charge is 0.484 e. The molecular formula is C19H17BrFN3O4. The lowest BCUT2D eigenvalue weighted by Crippen LogP contribution is -2.28. The number of nitrogens with zero attached hydrogens (tertiary/aromatic N) is 1. The highest BCUT2D eigenvalue weighted by atomic mass is 79.9. The number of ether oxygens (including phenoxy) is 1. The van der Waals surface area contributed by atoms with Crippen LogP contribution in [0.1, 0.15) is 6.42 Å². The Hall–Kier alpha value is -2.94. The van der Waals surface area contributed by atoms with E-state index in [2.05, 4.69) is 21.2 Å². The second kappa shape index (κ2) is 8.39. The highest BCUT2D eigenvalue weighted by Crippen LogP contribution is 2.26. The van der Waals surface area contributed by atoms with Gasteiger partial charge in [-0.15, -0.1) is 0 Å². The lowest BCUT2D eigenvalue weighted by molar-refractivity contribution is -0.123. The van der Waals surface area contributed by atoms with Crippen molar-refractivity contribution in [3.63, 3.8) is 0 Å². The number of anilines is 2. The predicted octanol–water partition coefficient (Wildman–Crippen LogP) is 2.44. The number of hydrogen-bond acceptors (Lipinski definition) is 4. The summed E-state index contributed by atoms with van der Waals surface area (Å²) in [6, 6.07) is 10.8. The smallest absolute Gasteiger partial charge is 0.262 e. The average molecular weight is 450 g/mol. The molecule has 1 aliphatic rings. The number of hydrogen-bond donors (Lipinski definition) is 2. The number of rotatable bonds is 6. The number of carbonyl (C=O) groups excluding carboxylic acids is 3. The third kappa shape index (κ3) is 4.66. The molecule has 9 heteroatoms. The van der Waals surface area contributed by atoms with Crippen LogP contribution in [0.25, 0.3) is 0 Å². The van der Waals surface area contributed by atoms with Crippen LogP contribution in [-0.2, 0) is 14.4 Å². The Labute approximate surface area is 168 Å². The van der Waals surface area contributed by atoms with E-state index in [0.29, 0.717) is 15.9 Å². The maximum Gasteiger partial charge on any atom is 0.262 e. The van der Waals surface area contributed by atoms with Gasteiger partial charge in [0.1, 0.15) is 11.6 Å². The van der Waals surface area contributed by atoms with Gasteiger partial charge in [-0.05, 0) is 42.5 Å². The number of primary amides is 1. The summed E-state index contributed by atoms with van der Waals surface area (Å²) in [6.45, 7) is -0.0588. The molecule has 3 N–H and O–H groups in total. The summed E-state index contributed by atoms with van der Waals surface area (Å²) in [5.41, 5.74) is 5.94. The molecular weight excluding hydrogens is 433 g/mol. The molecule has 0 bridgehead atoms. The van der Waals surface area contributed by atoms with Gasteiger partial charge in [0.2, 0.25) is 11.8 Å². The molecule has 3 rings (SSSR count). The van der Waals surface area contributed by atoms with E-state index in [1.165, 1.54) is 17.0 Å². The summed E-state index contributed by atoms with van der Waals surface area (Å²) in [4.78, 5) is 36.7. The Morgan fingerprint density at radius 2 is 1.96 bits per heavy atom. The van der Waals surface area contributed by atoms with Crippen molar-refractivity contribution in [1.82, 2.24) is 0 Å². The number of carbonyl (C=O) groups is 3. The van der Waals surface area contributed by atoms with Crippen LogP contribution in [-0.4, -0.2) is 30.9 Å². The van der Waals surface area contributed by atoms with Crippen molar-refractivity contribution in [2.75, 3.05) is 23.4 Å². The first-order valence-corrected chi connectivity index (χ1v) is 9.20. The van der Waals surface area contributed by atoms with E-state index in [4.69, 9.17) is 10.5 Å². The van der Waals surface area contributed by atoms with Crippen LogP contribution in [0.2, 0.25) is 0 Å². The fourth-order valence-corrected chi connectivity index (χ4v) is 3.13. The van der Waals surface area contributed by atoms with Crippen LogP contribution < -0.4 is 20.7 Å². The third-order valence-corrected chi connectivity index (χ3v) is 4.74. The Bertz CT molecular complexity index is 920. The molecule has 0 radical (unpaired) electrons. The van der Waals surface area contributed by atoms with Crippen LogP contribution in [0, 0.1) is 11.7 Å². The molecule has 1 aliphatic heterocycles. The van der Waals surface area contributed by atoms with E-state index in [1.54, 1.807) is 30.3 Å². The maximum atomic E-state index is 13.7.